The molecule has 224 valence electrons. The highest BCUT2D eigenvalue weighted by Gasteiger charge is 2.46. The summed E-state index contributed by atoms with van der Waals surface area (Å²) in [6, 6.07) is 6.83. The van der Waals surface area contributed by atoms with Crippen molar-refractivity contribution >= 4 is 24.1 Å². The molecule has 0 radical (unpaired) electrons. The molecule has 0 saturated carbocycles. The zero-order valence-electron chi connectivity index (χ0n) is 24.6. The number of imide groups is 1. The number of rotatable bonds is 11. The number of hydrogen-bond acceptors (Lipinski definition) is 10. The van der Waals surface area contributed by atoms with Crippen LogP contribution in [-0.4, -0.2) is 80.9 Å². The van der Waals surface area contributed by atoms with Crippen LogP contribution in [0.25, 0.3) is 0 Å². The number of carbonyl (C=O) groups is 4. The highest BCUT2D eigenvalue weighted by molar-refractivity contribution is 5.98. The van der Waals surface area contributed by atoms with E-state index in [9.17, 15) is 19.2 Å². The Bertz CT molecular complexity index is 1210. The molecule has 1 fully saturated rings. The van der Waals surface area contributed by atoms with Gasteiger partial charge in [0, 0.05) is 19.2 Å². The minimum absolute atomic E-state index is 0.00214. The summed E-state index contributed by atoms with van der Waals surface area (Å²) in [7, 11) is 1.34. The van der Waals surface area contributed by atoms with Gasteiger partial charge in [0.25, 0.3) is 5.91 Å². The summed E-state index contributed by atoms with van der Waals surface area (Å²) in [6.07, 6.45) is -0.415. The zero-order valence-corrected chi connectivity index (χ0v) is 24.6. The molecule has 2 aromatic rings. The van der Waals surface area contributed by atoms with Crippen molar-refractivity contribution in [1.82, 2.24) is 30.5 Å². The van der Waals surface area contributed by atoms with Crippen LogP contribution in [0.1, 0.15) is 52.8 Å². The first-order chi connectivity index (χ1) is 19.3. The van der Waals surface area contributed by atoms with E-state index < -0.39 is 47.9 Å². The quantitative estimate of drug-likeness (QED) is 0.303. The predicted molar refractivity (Wildman–Crippen MR) is 147 cm³/mol. The lowest BCUT2D eigenvalue weighted by Gasteiger charge is -2.27. The summed E-state index contributed by atoms with van der Waals surface area (Å²) in [5.41, 5.74) is 0.572. The van der Waals surface area contributed by atoms with Crippen molar-refractivity contribution in [1.29, 1.82) is 0 Å². The van der Waals surface area contributed by atoms with E-state index in [1.807, 2.05) is 44.2 Å². The van der Waals surface area contributed by atoms with Crippen LogP contribution in [0.3, 0.4) is 0 Å². The number of aromatic nitrogens is 3. The molecule has 13 nitrogen and oxygen atoms in total. The SMILES string of the molecule is COC(=O)[C@H](NCc1cn(C[C@@H]2[C@@H](C)OC(=O)N2C(=O)[C@@H](Cc2ccccc2)NC(=O)OC(C)(C)C)nn1)C(C)C. The van der Waals surface area contributed by atoms with Crippen LogP contribution < -0.4 is 10.6 Å². The summed E-state index contributed by atoms with van der Waals surface area (Å²) >= 11 is 0. The lowest BCUT2D eigenvalue weighted by atomic mass is 10.0. The van der Waals surface area contributed by atoms with Gasteiger partial charge in [0.1, 0.15) is 23.8 Å². The Labute approximate surface area is 239 Å². The van der Waals surface area contributed by atoms with Crippen molar-refractivity contribution in [2.45, 2.75) is 90.9 Å². The van der Waals surface area contributed by atoms with E-state index in [0.29, 0.717) is 5.69 Å². The van der Waals surface area contributed by atoms with Gasteiger partial charge < -0.3 is 19.5 Å². The molecule has 1 aliphatic heterocycles. The molecule has 2 heterocycles. The molecule has 41 heavy (non-hydrogen) atoms. The largest absolute Gasteiger partial charge is 0.468 e. The van der Waals surface area contributed by atoms with Gasteiger partial charge in [-0.1, -0.05) is 49.4 Å². The van der Waals surface area contributed by atoms with Crippen molar-refractivity contribution in [3.8, 4) is 0 Å². The van der Waals surface area contributed by atoms with E-state index in [1.165, 1.54) is 11.8 Å². The van der Waals surface area contributed by atoms with E-state index in [4.69, 9.17) is 14.2 Å². The third-order valence-corrected chi connectivity index (χ3v) is 6.45. The fourth-order valence-electron chi connectivity index (χ4n) is 4.42. The summed E-state index contributed by atoms with van der Waals surface area (Å²) in [5.74, 6) is -1.00. The topological polar surface area (TPSA) is 154 Å². The Morgan fingerprint density at radius 2 is 1.83 bits per heavy atom. The second-order valence-corrected chi connectivity index (χ2v) is 11.3. The lowest BCUT2D eigenvalue weighted by Crippen LogP contribution is -2.54. The number of cyclic esters (lactones) is 1. The molecule has 1 saturated heterocycles. The predicted octanol–water partition coefficient (Wildman–Crippen LogP) is 2.44. The molecule has 2 N–H and O–H groups in total. The van der Waals surface area contributed by atoms with Crippen molar-refractivity contribution in [2.75, 3.05) is 7.11 Å². The number of nitrogens with zero attached hydrogens (tertiary/aromatic N) is 4. The Morgan fingerprint density at radius 1 is 1.15 bits per heavy atom. The normalized spacial score (nSPS) is 18.5. The highest BCUT2D eigenvalue weighted by atomic mass is 16.6. The molecule has 3 rings (SSSR count). The van der Waals surface area contributed by atoms with Crippen LogP contribution in [0.2, 0.25) is 0 Å². The number of alkyl carbamates (subject to hydrolysis) is 1. The van der Waals surface area contributed by atoms with Gasteiger partial charge >= 0.3 is 18.2 Å². The number of carbonyl (C=O) groups excluding carboxylic acids is 4. The van der Waals surface area contributed by atoms with Gasteiger partial charge in [0.2, 0.25) is 0 Å². The average molecular weight is 573 g/mol. The molecule has 13 heteroatoms. The van der Waals surface area contributed by atoms with Gasteiger partial charge in [-0.25, -0.2) is 19.2 Å². The first-order valence-electron chi connectivity index (χ1n) is 13.6. The van der Waals surface area contributed by atoms with Gasteiger partial charge in [-0.3, -0.25) is 14.9 Å². The van der Waals surface area contributed by atoms with Crippen molar-refractivity contribution < 1.29 is 33.4 Å². The zero-order chi connectivity index (χ0) is 30.3. The molecular weight excluding hydrogens is 532 g/mol. The fraction of sp³-hybridized carbons (Fsp3) is 0.571. The monoisotopic (exact) mass is 572 g/mol. The lowest BCUT2D eigenvalue weighted by molar-refractivity contribution is -0.144. The average Bonchev–Trinajstić information content (AvgIpc) is 3.45. The number of esters is 1. The standard InChI is InChI=1S/C28H40N6O7/c1-17(2)23(25(36)39-7)29-14-20-15-33(32-31-20)16-22-18(3)40-27(38)34(22)24(35)21(13-19-11-9-8-10-12-19)30-26(37)41-28(4,5)6/h8-12,15,17-18,21-23,29H,13-14,16H2,1-7H3,(H,30,37)/t18-,21-,22-,23-/m1/s1. The molecule has 3 amide bonds. The van der Waals surface area contributed by atoms with E-state index in [2.05, 4.69) is 20.9 Å². The van der Waals surface area contributed by atoms with E-state index in [0.717, 1.165) is 10.5 Å². The van der Waals surface area contributed by atoms with Crippen molar-refractivity contribution in [3.05, 3.63) is 47.8 Å². The number of benzene rings is 1. The number of amides is 3. The minimum atomic E-state index is -1.09. The van der Waals surface area contributed by atoms with Crippen LogP contribution >= 0.6 is 0 Å². The van der Waals surface area contributed by atoms with Gasteiger partial charge in [-0.05, 0) is 39.2 Å². The van der Waals surface area contributed by atoms with Gasteiger partial charge in [-0.2, -0.15) is 0 Å². The summed E-state index contributed by atoms with van der Waals surface area (Å²) in [4.78, 5) is 52.4. The molecular formula is C28H40N6O7. The molecule has 0 bridgehead atoms. The third kappa shape index (κ3) is 8.74. The molecule has 0 aliphatic carbocycles. The van der Waals surface area contributed by atoms with Crippen LogP contribution in [0.5, 0.6) is 0 Å². The van der Waals surface area contributed by atoms with Gasteiger partial charge in [-0.15, -0.1) is 5.10 Å². The van der Waals surface area contributed by atoms with Gasteiger partial charge in [0.05, 0.1) is 25.4 Å². The maximum Gasteiger partial charge on any atom is 0.417 e. The first-order valence-corrected chi connectivity index (χ1v) is 13.6. The number of nitrogens with one attached hydrogen (secondary N) is 2. The van der Waals surface area contributed by atoms with Crippen LogP contribution in [-0.2, 0) is 43.3 Å². The molecule has 1 aromatic carbocycles. The molecule has 4 atom stereocenters. The van der Waals surface area contributed by atoms with Crippen LogP contribution in [0.15, 0.2) is 36.5 Å². The molecule has 0 unspecified atom stereocenters. The maximum atomic E-state index is 13.8. The number of hydrogen-bond donors (Lipinski definition) is 2. The summed E-state index contributed by atoms with van der Waals surface area (Å²) < 4.78 is 17.2. The second kappa shape index (κ2) is 13.6. The molecule has 1 aliphatic rings. The minimum Gasteiger partial charge on any atom is -0.468 e. The smallest absolute Gasteiger partial charge is 0.417 e. The fourth-order valence-corrected chi connectivity index (χ4v) is 4.42. The Morgan fingerprint density at radius 3 is 2.44 bits per heavy atom. The van der Waals surface area contributed by atoms with Crippen molar-refractivity contribution in [2.24, 2.45) is 5.92 Å². The number of methoxy groups -OCH3 is 1. The van der Waals surface area contributed by atoms with Crippen LogP contribution in [0, 0.1) is 5.92 Å². The van der Waals surface area contributed by atoms with Gasteiger partial charge in [0.15, 0.2) is 0 Å². The Balaban J connectivity index is 1.77. The van der Waals surface area contributed by atoms with E-state index >= 15 is 0 Å². The van der Waals surface area contributed by atoms with Crippen LogP contribution in [0.4, 0.5) is 9.59 Å². The maximum absolute atomic E-state index is 13.8. The second-order valence-electron chi connectivity index (χ2n) is 11.3. The molecule has 1 aromatic heterocycles. The van der Waals surface area contributed by atoms with E-state index in [-0.39, 0.29) is 31.4 Å². The number of ether oxygens (including phenoxy) is 3. The summed E-state index contributed by atoms with van der Waals surface area (Å²) in [5, 5.41) is 14.0. The van der Waals surface area contributed by atoms with E-state index in [1.54, 1.807) is 33.9 Å². The third-order valence-electron chi connectivity index (χ3n) is 6.45. The molecule has 0 spiro atoms. The Hall–Kier alpha value is -4.00. The highest BCUT2D eigenvalue weighted by Crippen LogP contribution is 2.23. The first kappa shape index (κ1) is 31.5. The van der Waals surface area contributed by atoms with Crippen molar-refractivity contribution in [3.63, 3.8) is 0 Å². The summed E-state index contributed by atoms with van der Waals surface area (Å²) in [6.45, 7) is 11.0. The Kier molecular flexibility index (Phi) is 10.4.